The van der Waals surface area contributed by atoms with E-state index >= 15 is 0 Å². The van der Waals surface area contributed by atoms with Crippen molar-refractivity contribution in [1.82, 2.24) is 10.2 Å². The minimum Gasteiger partial charge on any atom is -0.497 e. The van der Waals surface area contributed by atoms with E-state index in [2.05, 4.69) is 10.6 Å². The first kappa shape index (κ1) is 19.6. The Bertz CT molecular complexity index is 1000. The molecule has 1 fully saturated rings. The lowest BCUT2D eigenvalue weighted by molar-refractivity contribution is -0.135. The van der Waals surface area contributed by atoms with Gasteiger partial charge in [0.25, 0.3) is 5.91 Å². The van der Waals surface area contributed by atoms with Crippen LogP contribution in [0.25, 0.3) is 0 Å². The maximum atomic E-state index is 13.2. The second-order valence-electron chi connectivity index (χ2n) is 6.97. The van der Waals surface area contributed by atoms with Crippen LogP contribution in [-0.2, 0) is 15.1 Å². The van der Waals surface area contributed by atoms with Crippen LogP contribution >= 0.6 is 0 Å². The van der Waals surface area contributed by atoms with Crippen molar-refractivity contribution in [2.75, 3.05) is 32.7 Å². The molecule has 0 radical (unpaired) electrons. The van der Waals surface area contributed by atoms with E-state index in [0.29, 0.717) is 34.9 Å². The van der Waals surface area contributed by atoms with E-state index in [0.717, 1.165) is 4.90 Å². The van der Waals surface area contributed by atoms with Gasteiger partial charge < -0.3 is 24.8 Å². The molecule has 9 heteroatoms. The quantitative estimate of drug-likeness (QED) is 0.728. The molecule has 2 aliphatic rings. The van der Waals surface area contributed by atoms with Crippen molar-refractivity contribution in [2.45, 2.75) is 12.0 Å². The van der Waals surface area contributed by atoms with E-state index in [4.69, 9.17) is 14.2 Å². The number of amides is 4. The number of imide groups is 1. The third-order valence-corrected chi connectivity index (χ3v) is 5.19. The molecule has 2 heterocycles. The van der Waals surface area contributed by atoms with E-state index in [1.54, 1.807) is 42.5 Å². The number of hydrogen-bond donors (Lipinski definition) is 2. The summed E-state index contributed by atoms with van der Waals surface area (Å²) in [5.74, 6) is 0.551. The zero-order chi connectivity index (χ0) is 21.3. The van der Waals surface area contributed by atoms with Gasteiger partial charge in [-0.05, 0) is 6.07 Å². The lowest BCUT2D eigenvalue weighted by atomic mass is 9.84. The molecule has 2 aromatic rings. The molecule has 0 unspecified atom stereocenters. The standard InChI is InChI=1S/C21H21N3O6/c1-28-14-9-13(10-15(11-14)29-2)22-18(25)12-24-19(26)21(23-20(24)27)7-8-30-17-6-4-3-5-16(17)21/h3-6,9-11H,7-8,12H2,1-2H3,(H,22,25)(H,23,27)/t21-/m0/s1. The molecule has 2 aromatic carbocycles. The third-order valence-electron chi connectivity index (χ3n) is 5.19. The zero-order valence-electron chi connectivity index (χ0n) is 16.6. The van der Waals surface area contributed by atoms with Gasteiger partial charge in [0, 0.05) is 35.9 Å². The van der Waals surface area contributed by atoms with Crippen molar-refractivity contribution in [3.63, 3.8) is 0 Å². The second-order valence-corrected chi connectivity index (χ2v) is 6.97. The summed E-state index contributed by atoms with van der Waals surface area (Å²) in [6.45, 7) is -0.137. The van der Waals surface area contributed by atoms with Crippen LogP contribution in [0.2, 0.25) is 0 Å². The number of nitrogens with zero attached hydrogens (tertiary/aromatic N) is 1. The summed E-state index contributed by atoms with van der Waals surface area (Å²) < 4.78 is 16.0. The van der Waals surface area contributed by atoms with Gasteiger partial charge in [0.05, 0.1) is 20.8 Å². The Hall–Kier alpha value is -3.75. The normalized spacial score (nSPS) is 19.7. The number of hydrogen-bond acceptors (Lipinski definition) is 6. The molecule has 4 rings (SSSR count). The number of carbonyl (C=O) groups excluding carboxylic acids is 3. The first-order chi connectivity index (χ1) is 14.5. The highest BCUT2D eigenvalue weighted by atomic mass is 16.5. The van der Waals surface area contributed by atoms with E-state index in [9.17, 15) is 14.4 Å². The van der Waals surface area contributed by atoms with Crippen molar-refractivity contribution < 1.29 is 28.6 Å². The van der Waals surface area contributed by atoms with Gasteiger partial charge in [-0.1, -0.05) is 18.2 Å². The summed E-state index contributed by atoms with van der Waals surface area (Å²) in [6.07, 6.45) is 0.291. The van der Waals surface area contributed by atoms with Crippen LogP contribution in [0.5, 0.6) is 17.2 Å². The lowest BCUT2D eigenvalue weighted by Gasteiger charge is -2.33. The molecule has 4 amide bonds. The number of nitrogens with one attached hydrogen (secondary N) is 2. The molecule has 30 heavy (non-hydrogen) atoms. The molecule has 9 nitrogen and oxygen atoms in total. The molecule has 2 N–H and O–H groups in total. The van der Waals surface area contributed by atoms with Crippen molar-refractivity contribution in [3.05, 3.63) is 48.0 Å². The summed E-state index contributed by atoms with van der Waals surface area (Å²) in [4.78, 5) is 39.3. The van der Waals surface area contributed by atoms with Crippen LogP contribution in [0.3, 0.4) is 0 Å². The maximum absolute atomic E-state index is 13.2. The lowest BCUT2D eigenvalue weighted by Crippen LogP contribution is -2.48. The van der Waals surface area contributed by atoms with Gasteiger partial charge >= 0.3 is 6.03 Å². The second kappa shape index (κ2) is 7.58. The van der Waals surface area contributed by atoms with Gasteiger partial charge in [0.2, 0.25) is 5.91 Å². The van der Waals surface area contributed by atoms with Gasteiger partial charge in [0.1, 0.15) is 23.8 Å². The van der Waals surface area contributed by atoms with Gasteiger partial charge in [-0.3, -0.25) is 14.5 Å². The number of ether oxygens (including phenoxy) is 3. The topological polar surface area (TPSA) is 106 Å². The predicted molar refractivity (Wildman–Crippen MR) is 107 cm³/mol. The molecule has 0 aliphatic carbocycles. The van der Waals surface area contributed by atoms with Crippen LogP contribution in [0, 0.1) is 0 Å². The molecule has 1 atom stereocenters. The Morgan fingerprint density at radius 3 is 2.57 bits per heavy atom. The number of carbonyl (C=O) groups is 3. The van der Waals surface area contributed by atoms with E-state index < -0.39 is 29.9 Å². The summed E-state index contributed by atoms with van der Waals surface area (Å²) in [5.41, 5.74) is -0.199. The Kier molecular flexibility index (Phi) is 4.94. The summed E-state index contributed by atoms with van der Waals surface area (Å²) in [7, 11) is 3.00. The fourth-order valence-corrected chi connectivity index (χ4v) is 3.74. The molecule has 0 saturated carbocycles. The average molecular weight is 411 g/mol. The molecular weight excluding hydrogens is 390 g/mol. The van der Waals surface area contributed by atoms with E-state index in [1.807, 2.05) is 0 Å². The van der Waals surface area contributed by atoms with Crippen LogP contribution in [-0.4, -0.2) is 50.1 Å². The molecule has 1 spiro atoms. The highest BCUT2D eigenvalue weighted by Gasteiger charge is 2.55. The number of benzene rings is 2. The SMILES string of the molecule is COc1cc(NC(=O)CN2C(=O)N[C@]3(CCOc4ccccc43)C2=O)cc(OC)c1. The highest BCUT2D eigenvalue weighted by molar-refractivity contribution is 6.10. The maximum Gasteiger partial charge on any atom is 0.325 e. The summed E-state index contributed by atoms with van der Waals surface area (Å²) in [6, 6.07) is 11.4. The summed E-state index contributed by atoms with van der Waals surface area (Å²) >= 11 is 0. The van der Waals surface area contributed by atoms with Crippen LogP contribution in [0.1, 0.15) is 12.0 Å². The predicted octanol–water partition coefficient (Wildman–Crippen LogP) is 1.87. The number of anilines is 1. The van der Waals surface area contributed by atoms with Crippen LogP contribution < -0.4 is 24.8 Å². The fraction of sp³-hybridized carbons (Fsp3) is 0.286. The third kappa shape index (κ3) is 3.28. The first-order valence-electron chi connectivity index (χ1n) is 9.36. The summed E-state index contributed by atoms with van der Waals surface area (Å²) in [5, 5.41) is 5.44. The minimum absolute atomic E-state index is 0.284. The molecular formula is C21H21N3O6. The van der Waals surface area contributed by atoms with Crippen LogP contribution in [0.4, 0.5) is 10.5 Å². The molecule has 0 bridgehead atoms. The molecule has 1 saturated heterocycles. The minimum atomic E-state index is -1.22. The largest absolute Gasteiger partial charge is 0.497 e. The van der Waals surface area contributed by atoms with Gasteiger partial charge in [-0.2, -0.15) is 0 Å². The van der Waals surface area contributed by atoms with Crippen molar-refractivity contribution in [2.24, 2.45) is 0 Å². The fourth-order valence-electron chi connectivity index (χ4n) is 3.74. The highest BCUT2D eigenvalue weighted by Crippen LogP contribution is 2.40. The van der Waals surface area contributed by atoms with E-state index in [-0.39, 0.29) is 6.61 Å². The molecule has 0 aromatic heterocycles. The number of rotatable bonds is 5. The van der Waals surface area contributed by atoms with Crippen molar-refractivity contribution in [3.8, 4) is 17.2 Å². The Balaban J connectivity index is 1.53. The zero-order valence-corrected chi connectivity index (χ0v) is 16.6. The molecule has 2 aliphatic heterocycles. The monoisotopic (exact) mass is 411 g/mol. The van der Waals surface area contributed by atoms with E-state index in [1.165, 1.54) is 14.2 Å². The Morgan fingerprint density at radius 2 is 1.87 bits per heavy atom. The Labute approximate surface area is 172 Å². The van der Waals surface area contributed by atoms with Crippen molar-refractivity contribution in [1.29, 1.82) is 0 Å². The molecule has 156 valence electrons. The number of urea groups is 1. The smallest absolute Gasteiger partial charge is 0.325 e. The van der Waals surface area contributed by atoms with Gasteiger partial charge in [-0.25, -0.2) is 4.79 Å². The van der Waals surface area contributed by atoms with Crippen molar-refractivity contribution >= 4 is 23.5 Å². The first-order valence-corrected chi connectivity index (χ1v) is 9.36. The van der Waals surface area contributed by atoms with Gasteiger partial charge in [-0.15, -0.1) is 0 Å². The Morgan fingerprint density at radius 1 is 1.17 bits per heavy atom. The number of methoxy groups -OCH3 is 2. The van der Waals surface area contributed by atoms with Gasteiger partial charge in [0.15, 0.2) is 5.54 Å². The van der Waals surface area contributed by atoms with Crippen LogP contribution in [0.15, 0.2) is 42.5 Å². The average Bonchev–Trinajstić information content (AvgIpc) is 2.98. The number of para-hydroxylation sites is 1. The number of fused-ring (bicyclic) bond motifs is 2.